The van der Waals surface area contributed by atoms with E-state index in [4.69, 9.17) is 0 Å². The summed E-state index contributed by atoms with van der Waals surface area (Å²) < 4.78 is 7.23. The van der Waals surface area contributed by atoms with Crippen LogP contribution in [0.25, 0.3) is 10.9 Å². The number of rotatable bonds is 0. The van der Waals surface area contributed by atoms with E-state index in [2.05, 4.69) is 27.3 Å². The van der Waals surface area contributed by atoms with Gasteiger partial charge < -0.3 is 4.74 Å². The van der Waals surface area contributed by atoms with Crippen LogP contribution in [0.15, 0.2) is 30.5 Å². The molecular weight excluding hydrogens is 293 g/mol. The maximum Gasteiger partial charge on any atom is 0.418 e. The molecule has 1 aromatic heterocycles. The first-order chi connectivity index (χ1) is 6.74. The number of aromatic nitrogens is 1. The summed E-state index contributed by atoms with van der Waals surface area (Å²) in [7, 11) is 1.38. The number of hydrogen-bond acceptors (Lipinski definition) is 2. The molecule has 0 atom stereocenters. The molecule has 0 aliphatic rings. The van der Waals surface area contributed by atoms with E-state index < -0.39 is 0 Å². The molecule has 0 spiro atoms. The number of para-hydroxylation sites is 1. The van der Waals surface area contributed by atoms with Crippen molar-refractivity contribution >= 4 is 39.6 Å². The lowest BCUT2D eigenvalue weighted by Gasteiger charge is -2.00. The fraction of sp³-hybridized carbons (Fsp3) is 0.100. The first kappa shape index (κ1) is 9.51. The van der Waals surface area contributed by atoms with Crippen molar-refractivity contribution < 1.29 is 9.53 Å². The minimum absolute atomic E-state index is 0.357. The van der Waals surface area contributed by atoms with Gasteiger partial charge in [-0.05, 0) is 28.7 Å². The first-order valence-electron chi connectivity index (χ1n) is 4.08. The molecule has 2 rings (SSSR count). The summed E-state index contributed by atoms with van der Waals surface area (Å²) in [5, 5.41) is 1.07. The number of carbonyl (C=O) groups is 1. The fourth-order valence-electron chi connectivity index (χ4n) is 1.39. The van der Waals surface area contributed by atoms with Crippen LogP contribution in [-0.2, 0) is 4.74 Å². The predicted molar refractivity (Wildman–Crippen MR) is 62.5 cm³/mol. The monoisotopic (exact) mass is 301 g/mol. The van der Waals surface area contributed by atoms with Crippen molar-refractivity contribution in [1.29, 1.82) is 0 Å². The Balaban J connectivity index is 2.72. The molecule has 0 aliphatic heterocycles. The quantitative estimate of drug-likeness (QED) is 0.701. The molecule has 1 heterocycles. The minimum Gasteiger partial charge on any atom is -0.452 e. The molecule has 0 unspecified atom stereocenters. The van der Waals surface area contributed by atoms with Crippen molar-refractivity contribution in [2.45, 2.75) is 0 Å². The highest BCUT2D eigenvalue weighted by Crippen LogP contribution is 2.22. The van der Waals surface area contributed by atoms with Crippen molar-refractivity contribution in [3.8, 4) is 0 Å². The van der Waals surface area contributed by atoms with E-state index in [-0.39, 0.29) is 6.09 Å². The van der Waals surface area contributed by atoms with Crippen LogP contribution < -0.4 is 0 Å². The molecule has 0 saturated heterocycles. The number of methoxy groups -OCH3 is 1. The van der Waals surface area contributed by atoms with Crippen LogP contribution in [0, 0.1) is 3.57 Å². The Morgan fingerprint density at radius 3 is 2.86 bits per heavy atom. The van der Waals surface area contributed by atoms with E-state index in [0.717, 1.165) is 14.5 Å². The second-order valence-electron chi connectivity index (χ2n) is 2.83. The van der Waals surface area contributed by atoms with Gasteiger partial charge in [-0.15, -0.1) is 0 Å². The molecule has 14 heavy (non-hydrogen) atoms. The summed E-state index contributed by atoms with van der Waals surface area (Å²) in [5.74, 6) is 0. The van der Waals surface area contributed by atoms with Gasteiger partial charge in [-0.3, -0.25) is 4.57 Å². The number of carbonyl (C=O) groups excluding carboxylic acids is 1. The van der Waals surface area contributed by atoms with Gasteiger partial charge in [0.15, 0.2) is 0 Å². The summed E-state index contributed by atoms with van der Waals surface area (Å²) in [4.78, 5) is 11.4. The third-order valence-electron chi connectivity index (χ3n) is 2.03. The Bertz CT molecular complexity index is 490. The number of benzene rings is 1. The Morgan fingerprint density at radius 1 is 1.43 bits per heavy atom. The zero-order chi connectivity index (χ0) is 10.1. The Kier molecular flexibility index (Phi) is 2.45. The lowest BCUT2D eigenvalue weighted by Crippen LogP contribution is -2.09. The molecule has 0 amide bonds. The van der Waals surface area contributed by atoms with Crippen LogP contribution >= 0.6 is 22.6 Å². The van der Waals surface area contributed by atoms with E-state index in [1.807, 2.05) is 24.3 Å². The summed E-state index contributed by atoms with van der Waals surface area (Å²) >= 11 is 2.20. The summed E-state index contributed by atoms with van der Waals surface area (Å²) in [6.45, 7) is 0. The van der Waals surface area contributed by atoms with Crippen LogP contribution in [0.3, 0.4) is 0 Å². The molecule has 3 nitrogen and oxygen atoms in total. The standard InChI is InChI=1S/C10H8INO2/c1-14-10(13)12-6-8(11)7-4-2-3-5-9(7)12/h2-6H,1H3. The van der Waals surface area contributed by atoms with Gasteiger partial charge in [0.25, 0.3) is 0 Å². The molecule has 2 aromatic rings. The molecule has 1 aromatic carbocycles. The van der Waals surface area contributed by atoms with Crippen LogP contribution in [0.1, 0.15) is 0 Å². The maximum absolute atomic E-state index is 11.4. The molecule has 72 valence electrons. The average Bonchev–Trinajstić information content (AvgIpc) is 2.56. The number of hydrogen-bond donors (Lipinski definition) is 0. The molecule has 4 heteroatoms. The van der Waals surface area contributed by atoms with E-state index in [1.165, 1.54) is 11.7 Å². The SMILES string of the molecule is COC(=O)n1cc(I)c2ccccc21. The van der Waals surface area contributed by atoms with Crippen LogP contribution in [0.4, 0.5) is 4.79 Å². The number of halogens is 1. The zero-order valence-electron chi connectivity index (χ0n) is 7.53. The summed E-state index contributed by atoms with van der Waals surface area (Å²) in [5.41, 5.74) is 0.878. The van der Waals surface area contributed by atoms with Crippen molar-refractivity contribution in [3.63, 3.8) is 0 Å². The second kappa shape index (κ2) is 3.61. The van der Waals surface area contributed by atoms with Gasteiger partial charge in [0.1, 0.15) is 0 Å². The Hall–Kier alpha value is -1.04. The smallest absolute Gasteiger partial charge is 0.418 e. The molecule has 0 radical (unpaired) electrons. The van der Waals surface area contributed by atoms with E-state index in [0.29, 0.717) is 0 Å². The molecule has 0 N–H and O–H groups in total. The first-order valence-corrected chi connectivity index (χ1v) is 5.16. The van der Waals surface area contributed by atoms with Gasteiger partial charge in [0, 0.05) is 15.2 Å². The van der Waals surface area contributed by atoms with Crippen molar-refractivity contribution in [3.05, 3.63) is 34.0 Å². The minimum atomic E-state index is -0.357. The van der Waals surface area contributed by atoms with Crippen LogP contribution in [0.5, 0.6) is 0 Å². The third-order valence-corrected chi connectivity index (χ3v) is 2.89. The lowest BCUT2D eigenvalue weighted by molar-refractivity contribution is 0.174. The van der Waals surface area contributed by atoms with Crippen molar-refractivity contribution in [2.75, 3.05) is 7.11 Å². The summed E-state index contributed by atoms with van der Waals surface area (Å²) in [6, 6.07) is 7.73. The van der Waals surface area contributed by atoms with Gasteiger partial charge in [-0.2, -0.15) is 0 Å². The molecule has 0 bridgehead atoms. The zero-order valence-corrected chi connectivity index (χ0v) is 9.69. The van der Waals surface area contributed by atoms with Gasteiger partial charge in [-0.25, -0.2) is 4.79 Å². The van der Waals surface area contributed by atoms with Gasteiger partial charge in [-0.1, -0.05) is 18.2 Å². The van der Waals surface area contributed by atoms with Gasteiger partial charge in [0.05, 0.1) is 12.6 Å². The van der Waals surface area contributed by atoms with Crippen molar-refractivity contribution in [1.82, 2.24) is 4.57 Å². The third kappa shape index (κ3) is 1.39. The van der Waals surface area contributed by atoms with Crippen molar-refractivity contribution in [2.24, 2.45) is 0 Å². The Labute approximate surface area is 94.8 Å². The fourth-order valence-corrected chi connectivity index (χ4v) is 2.12. The summed E-state index contributed by atoms with van der Waals surface area (Å²) in [6.07, 6.45) is 1.42. The van der Waals surface area contributed by atoms with E-state index in [9.17, 15) is 4.79 Å². The highest BCUT2D eigenvalue weighted by atomic mass is 127. The number of nitrogens with zero attached hydrogens (tertiary/aromatic N) is 1. The average molecular weight is 301 g/mol. The van der Waals surface area contributed by atoms with E-state index in [1.54, 1.807) is 6.20 Å². The molecule has 0 aliphatic carbocycles. The predicted octanol–water partition coefficient (Wildman–Crippen LogP) is 2.86. The highest BCUT2D eigenvalue weighted by molar-refractivity contribution is 14.1. The Morgan fingerprint density at radius 2 is 2.14 bits per heavy atom. The number of ether oxygens (including phenoxy) is 1. The van der Waals surface area contributed by atoms with Crippen LogP contribution in [-0.4, -0.2) is 17.8 Å². The number of fused-ring (bicyclic) bond motifs is 1. The highest BCUT2D eigenvalue weighted by Gasteiger charge is 2.10. The molecule has 0 saturated carbocycles. The molecular formula is C10H8INO2. The second-order valence-corrected chi connectivity index (χ2v) is 4.00. The van der Waals surface area contributed by atoms with E-state index >= 15 is 0 Å². The van der Waals surface area contributed by atoms with Gasteiger partial charge in [0.2, 0.25) is 0 Å². The normalized spacial score (nSPS) is 10.4. The largest absolute Gasteiger partial charge is 0.452 e. The van der Waals surface area contributed by atoms with Crippen LogP contribution in [0.2, 0.25) is 0 Å². The lowest BCUT2D eigenvalue weighted by atomic mass is 10.2. The topological polar surface area (TPSA) is 31.2 Å². The van der Waals surface area contributed by atoms with Gasteiger partial charge >= 0.3 is 6.09 Å². The molecule has 0 fully saturated rings. The maximum atomic E-state index is 11.4.